The highest BCUT2D eigenvalue weighted by molar-refractivity contribution is 7.89. The van der Waals surface area contributed by atoms with E-state index >= 15 is 0 Å². The van der Waals surface area contributed by atoms with Gasteiger partial charge < -0.3 is 5.32 Å². The molecule has 0 saturated carbocycles. The maximum atomic E-state index is 13.9. The molecular formula is C14H21FN2O3S. The summed E-state index contributed by atoms with van der Waals surface area (Å²) in [4.78, 5) is 11.7. The van der Waals surface area contributed by atoms with Gasteiger partial charge in [0.1, 0.15) is 5.82 Å². The number of primary sulfonamides is 1. The highest BCUT2D eigenvalue weighted by Crippen LogP contribution is 2.16. The quantitative estimate of drug-likeness (QED) is 0.841. The Morgan fingerprint density at radius 2 is 1.90 bits per heavy atom. The predicted octanol–water partition coefficient (Wildman–Crippen LogP) is 2.03. The van der Waals surface area contributed by atoms with Gasteiger partial charge in [0.2, 0.25) is 10.0 Å². The molecule has 0 aliphatic heterocycles. The molecule has 0 saturated heterocycles. The number of sulfonamides is 1. The molecule has 0 fully saturated rings. The summed E-state index contributed by atoms with van der Waals surface area (Å²) >= 11 is 0. The highest BCUT2D eigenvalue weighted by Gasteiger charge is 2.20. The van der Waals surface area contributed by atoms with Gasteiger partial charge in [0.25, 0.3) is 5.91 Å². The standard InChI is InChI=1S/C14H21FN2O3S/c1-4-10(5-2)9(3)17-14(18)12-7-6-11(8-13(12)15)21(16,19)20/h6-10H,4-5H2,1-3H3,(H,17,18)(H2,16,19,20). The van der Waals surface area contributed by atoms with Crippen LogP contribution in [-0.2, 0) is 10.0 Å². The molecule has 3 N–H and O–H groups in total. The Morgan fingerprint density at radius 3 is 2.33 bits per heavy atom. The first-order valence-corrected chi connectivity index (χ1v) is 8.38. The van der Waals surface area contributed by atoms with Gasteiger partial charge in [0.05, 0.1) is 10.5 Å². The molecule has 1 aromatic carbocycles. The average molecular weight is 316 g/mol. The molecule has 1 atom stereocenters. The molecule has 5 nitrogen and oxygen atoms in total. The van der Waals surface area contributed by atoms with Gasteiger partial charge in [0.15, 0.2) is 0 Å². The number of nitrogens with two attached hydrogens (primary N) is 1. The second-order valence-electron chi connectivity index (χ2n) is 5.03. The molecule has 118 valence electrons. The Labute approximate surface area is 124 Å². The summed E-state index contributed by atoms with van der Waals surface area (Å²) in [6, 6.07) is 2.91. The maximum Gasteiger partial charge on any atom is 0.254 e. The Bertz CT molecular complexity index is 613. The van der Waals surface area contributed by atoms with Crippen molar-refractivity contribution < 1.29 is 17.6 Å². The zero-order chi connectivity index (χ0) is 16.2. The number of benzene rings is 1. The number of carbonyl (C=O) groups excluding carboxylic acids is 1. The second-order valence-corrected chi connectivity index (χ2v) is 6.59. The van der Waals surface area contributed by atoms with Crippen LogP contribution in [0, 0.1) is 11.7 Å². The zero-order valence-corrected chi connectivity index (χ0v) is 13.2. The third kappa shape index (κ3) is 4.50. The normalized spacial score (nSPS) is 13.2. The minimum atomic E-state index is -3.98. The van der Waals surface area contributed by atoms with E-state index in [1.165, 1.54) is 0 Å². The van der Waals surface area contributed by atoms with E-state index in [0.717, 1.165) is 31.0 Å². The molecular weight excluding hydrogens is 295 g/mol. The van der Waals surface area contributed by atoms with Crippen LogP contribution in [0.25, 0.3) is 0 Å². The van der Waals surface area contributed by atoms with Crippen LogP contribution in [-0.4, -0.2) is 20.4 Å². The molecule has 0 spiro atoms. The lowest BCUT2D eigenvalue weighted by Crippen LogP contribution is -2.38. The Kier molecular flexibility index (Phi) is 5.86. The molecule has 1 rings (SSSR count). The van der Waals surface area contributed by atoms with Crippen LogP contribution in [0.1, 0.15) is 44.0 Å². The van der Waals surface area contributed by atoms with Gasteiger partial charge in [0, 0.05) is 6.04 Å². The average Bonchev–Trinajstić information content (AvgIpc) is 2.38. The predicted molar refractivity (Wildman–Crippen MR) is 78.8 cm³/mol. The van der Waals surface area contributed by atoms with Crippen molar-refractivity contribution >= 4 is 15.9 Å². The maximum absolute atomic E-state index is 13.9. The Hall–Kier alpha value is -1.47. The van der Waals surface area contributed by atoms with Crippen LogP contribution < -0.4 is 10.5 Å². The number of carbonyl (C=O) groups is 1. The highest BCUT2D eigenvalue weighted by atomic mass is 32.2. The Morgan fingerprint density at radius 1 is 1.33 bits per heavy atom. The monoisotopic (exact) mass is 316 g/mol. The first-order chi connectivity index (χ1) is 9.70. The number of amides is 1. The summed E-state index contributed by atoms with van der Waals surface area (Å²) in [6.07, 6.45) is 1.82. The van der Waals surface area contributed by atoms with E-state index < -0.39 is 21.7 Å². The largest absolute Gasteiger partial charge is 0.349 e. The van der Waals surface area contributed by atoms with E-state index in [1.807, 2.05) is 20.8 Å². The van der Waals surface area contributed by atoms with Crippen molar-refractivity contribution in [2.75, 3.05) is 0 Å². The summed E-state index contributed by atoms with van der Waals surface area (Å²) in [5.41, 5.74) is -0.194. The third-order valence-electron chi connectivity index (χ3n) is 3.63. The van der Waals surface area contributed by atoms with E-state index in [1.54, 1.807) is 0 Å². The molecule has 0 aliphatic rings. The van der Waals surface area contributed by atoms with Crippen LogP contribution in [0.2, 0.25) is 0 Å². The number of hydrogen-bond acceptors (Lipinski definition) is 3. The van der Waals surface area contributed by atoms with E-state index in [-0.39, 0.29) is 16.5 Å². The van der Waals surface area contributed by atoms with E-state index in [9.17, 15) is 17.6 Å². The fraction of sp³-hybridized carbons (Fsp3) is 0.500. The number of halogens is 1. The fourth-order valence-corrected chi connectivity index (χ4v) is 2.78. The van der Waals surface area contributed by atoms with Crippen molar-refractivity contribution in [3.63, 3.8) is 0 Å². The van der Waals surface area contributed by atoms with Crippen LogP contribution >= 0.6 is 0 Å². The lowest BCUT2D eigenvalue weighted by atomic mass is 9.95. The van der Waals surface area contributed by atoms with Crippen LogP contribution in [0.4, 0.5) is 4.39 Å². The molecule has 0 heterocycles. The van der Waals surface area contributed by atoms with Gasteiger partial charge in [-0.15, -0.1) is 0 Å². The van der Waals surface area contributed by atoms with Gasteiger partial charge in [-0.25, -0.2) is 17.9 Å². The van der Waals surface area contributed by atoms with Crippen molar-refractivity contribution in [3.8, 4) is 0 Å². The van der Waals surface area contributed by atoms with Gasteiger partial charge >= 0.3 is 0 Å². The van der Waals surface area contributed by atoms with Crippen LogP contribution in [0.5, 0.6) is 0 Å². The van der Waals surface area contributed by atoms with Crippen molar-refractivity contribution in [2.45, 2.75) is 44.6 Å². The van der Waals surface area contributed by atoms with Gasteiger partial charge in [-0.1, -0.05) is 26.7 Å². The number of nitrogens with one attached hydrogen (secondary N) is 1. The summed E-state index contributed by atoms with van der Waals surface area (Å²) in [6.45, 7) is 5.92. The van der Waals surface area contributed by atoms with Crippen molar-refractivity contribution in [3.05, 3.63) is 29.6 Å². The molecule has 1 aromatic rings. The minimum absolute atomic E-state index is 0.0928. The van der Waals surface area contributed by atoms with E-state index in [0.29, 0.717) is 5.92 Å². The minimum Gasteiger partial charge on any atom is -0.349 e. The molecule has 0 radical (unpaired) electrons. The van der Waals surface area contributed by atoms with Crippen LogP contribution in [0.15, 0.2) is 23.1 Å². The molecule has 0 aromatic heterocycles. The van der Waals surface area contributed by atoms with Crippen molar-refractivity contribution in [1.82, 2.24) is 5.32 Å². The molecule has 0 aliphatic carbocycles. The first kappa shape index (κ1) is 17.6. The molecule has 1 unspecified atom stereocenters. The summed E-state index contributed by atoms with van der Waals surface area (Å²) in [5, 5.41) is 7.65. The first-order valence-electron chi connectivity index (χ1n) is 6.83. The third-order valence-corrected chi connectivity index (χ3v) is 4.54. The van der Waals surface area contributed by atoms with Gasteiger partial charge in [-0.2, -0.15) is 0 Å². The van der Waals surface area contributed by atoms with Gasteiger partial charge in [-0.3, -0.25) is 4.79 Å². The van der Waals surface area contributed by atoms with E-state index in [4.69, 9.17) is 5.14 Å². The number of hydrogen-bond donors (Lipinski definition) is 2. The summed E-state index contributed by atoms with van der Waals surface area (Å²) in [5.74, 6) is -1.16. The smallest absolute Gasteiger partial charge is 0.254 e. The fourth-order valence-electron chi connectivity index (χ4n) is 2.26. The van der Waals surface area contributed by atoms with E-state index in [2.05, 4.69) is 5.32 Å². The van der Waals surface area contributed by atoms with Gasteiger partial charge in [-0.05, 0) is 31.0 Å². The SMILES string of the molecule is CCC(CC)C(C)NC(=O)c1ccc(S(N)(=O)=O)cc1F. The summed E-state index contributed by atoms with van der Waals surface area (Å²) in [7, 11) is -3.98. The zero-order valence-electron chi connectivity index (χ0n) is 12.4. The van der Waals surface area contributed by atoms with Crippen molar-refractivity contribution in [2.24, 2.45) is 11.1 Å². The summed E-state index contributed by atoms with van der Waals surface area (Å²) < 4.78 is 36.1. The van der Waals surface area contributed by atoms with Crippen molar-refractivity contribution in [1.29, 1.82) is 0 Å². The molecule has 7 heteroatoms. The Balaban J connectivity index is 2.94. The number of rotatable bonds is 6. The molecule has 1 amide bonds. The second kappa shape index (κ2) is 7.00. The molecule has 0 bridgehead atoms. The van der Waals surface area contributed by atoms with Crippen LogP contribution in [0.3, 0.4) is 0 Å². The topological polar surface area (TPSA) is 89.3 Å². The molecule has 21 heavy (non-hydrogen) atoms. The lowest BCUT2D eigenvalue weighted by molar-refractivity contribution is 0.0921. The lowest BCUT2D eigenvalue weighted by Gasteiger charge is -2.22.